The van der Waals surface area contributed by atoms with E-state index in [-0.39, 0.29) is 0 Å². The number of para-hydroxylation sites is 1. The second kappa shape index (κ2) is 9.86. The minimum absolute atomic E-state index is 1.12. The summed E-state index contributed by atoms with van der Waals surface area (Å²) in [5.74, 6) is 0. The fourth-order valence-corrected chi connectivity index (χ4v) is 6.86. The first-order chi connectivity index (χ1) is 21.8. The molecule has 0 N–H and O–H groups in total. The first-order valence-corrected chi connectivity index (χ1v) is 15.1. The molecule has 0 bridgehead atoms. The van der Waals surface area contributed by atoms with Gasteiger partial charge in [-0.2, -0.15) is 0 Å². The van der Waals surface area contributed by atoms with Crippen molar-refractivity contribution in [3.63, 3.8) is 0 Å². The van der Waals surface area contributed by atoms with Crippen molar-refractivity contribution < 1.29 is 0 Å². The number of hydrogen-bond donors (Lipinski definition) is 0. The van der Waals surface area contributed by atoms with Crippen molar-refractivity contribution in [3.05, 3.63) is 170 Å². The van der Waals surface area contributed by atoms with E-state index in [9.17, 15) is 0 Å². The number of anilines is 6. The van der Waals surface area contributed by atoms with E-state index in [1.54, 1.807) is 0 Å². The van der Waals surface area contributed by atoms with Crippen molar-refractivity contribution in [1.82, 2.24) is 0 Å². The van der Waals surface area contributed by atoms with Crippen LogP contribution < -0.4 is 9.80 Å². The van der Waals surface area contributed by atoms with Gasteiger partial charge in [-0.3, -0.25) is 0 Å². The summed E-state index contributed by atoms with van der Waals surface area (Å²) in [5.41, 5.74) is 9.49. The number of fused-ring (bicyclic) bond motifs is 4. The van der Waals surface area contributed by atoms with Crippen LogP contribution in [-0.2, 0) is 0 Å². The van der Waals surface area contributed by atoms with Crippen molar-refractivity contribution in [2.45, 2.75) is 0 Å². The highest BCUT2D eigenvalue weighted by molar-refractivity contribution is 6.15. The molecule has 1 heterocycles. The lowest BCUT2D eigenvalue weighted by Gasteiger charge is -2.34. The third kappa shape index (κ3) is 3.89. The zero-order valence-electron chi connectivity index (χ0n) is 24.1. The van der Waals surface area contributed by atoms with Crippen LogP contribution in [0.4, 0.5) is 34.1 Å². The molecule has 206 valence electrons. The third-order valence-corrected chi connectivity index (χ3v) is 8.89. The van der Waals surface area contributed by atoms with Gasteiger partial charge in [0.15, 0.2) is 0 Å². The van der Waals surface area contributed by atoms with Gasteiger partial charge in [-0.05, 0) is 99.2 Å². The van der Waals surface area contributed by atoms with Crippen LogP contribution in [0.1, 0.15) is 0 Å². The van der Waals surface area contributed by atoms with Gasteiger partial charge in [0, 0.05) is 33.7 Å². The van der Waals surface area contributed by atoms with Crippen molar-refractivity contribution in [2.24, 2.45) is 0 Å². The zero-order chi connectivity index (χ0) is 29.0. The number of benzene rings is 8. The molecule has 0 unspecified atom stereocenters. The number of hydrogen-bond acceptors (Lipinski definition) is 2. The molecule has 9 rings (SSSR count). The van der Waals surface area contributed by atoms with Gasteiger partial charge in [0.25, 0.3) is 0 Å². The number of rotatable bonds is 4. The average Bonchev–Trinajstić information content (AvgIpc) is 3.09. The Kier molecular flexibility index (Phi) is 5.54. The second-order valence-electron chi connectivity index (χ2n) is 11.5. The Morgan fingerprint density at radius 3 is 1.70 bits per heavy atom. The highest BCUT2D eigenvalue weighted by Crippen LogP contribution is 2.52. The fourth-order valence-electron chi connectivity index (χ4n) is 6.86. The summed E-state index contributed by atoms with van der Waals surface area (Å²) in [7, 11) is 0. The van der Waals surface area contributed by atoms with Gasteiger partial charge in [0.2, 0.25) is 0 Å². The van der Waals surface area contributed by atoms with Gasteiger partial charge < -0.3 is 9.80 Å². The van der Waals surface area contributed by atoms with E-state index in [0.29, 0.717) is 0 Å². The maximum Gasteiger partial charge on any atom is 0.0546 e. The Balaban J connectivity index is 1.22. The van der Waals surface area contributed by atoms with Crippen LogP contribution >= 0.6 is 0 Å². The van der Waals surface area contributed by atoms with Gasteiger partial charge in [-0.1, -0.05) is 103 Å². The SMILES string of the molecule is c1ccc(N(c2ccc(N3c4cc5ccccc5cc4-c4cccc5cccc3c45)cc2)c2ccc3ccccc3c2)cc1. The summed E-state index contributed by atoms with van der Waals surface area (Å²) < 4.78 is 0. The minimum Gasteiger partial charge on any atom is -0.310 e. The van der Waals surface area contributed by atoms with Crippen molar-refractivity contribution in [1.29, 1.82) is 0 Å². The predicted molar refractivity (Wildman–Crippen MR) is 187 cm³/mol. The summed E-state index contributed by atoms with van der Waals surface area (Å²) in [6.45, 7) is 0. The number of nitrogens with zero attached hydrogens (tertiary/aromatic N) is 2. The molecule has 2 heteroatoms. The van der Waals surface area contributed by atoms with Crippen molar-refractivity contribution >= 4 is 66.4 Å². The Hall–Kier alpha value is -5.86. The summed E-state index contributed by atoms with van der Waals surface area (Å²) in [5, 5.41) is 7.52. The highest BCUT2D eigenvalue weighted by atomic mass is 15.2. The third-order valence-electron chi connectivity index (χ3n) is 8.89. The molecule has 1 aliphatic rings. The lowest BCUT2D eigenvalue weighted by Crippen LogP contribution is -2.15. The molecule has 0 aromatic heterocycles. The van der Waals surface area contributed by atoms with Gasteiger partial charge in [-0.25, -0.2) is 0 Å². The molecule has 8 aromatic rings. The van der Waals surface area contributed by atoms with E-state index in [1.165, 1.54) is 54.8 Å². The molecule has 0 fully saturated rings. The van der Waals surface area contributed by atoms with Crippen LogP contribution in [0.2, 0.25) is 0 Å². The summed E-state index contributed by atoms with van der Waals surface area (Å²) in [6.07, 6.45) is 0. The largest absolute Gasteiger partial charge is 0.310 e. The average molecular weight is 561 g/mol. The molecule has 0 aliphatic carbocycles. The molecule has 2 nitrogen and oxygen atoms in total. The first kappa shape index (κ1) is 24.7. The molecule has 0 radical (unpaired) electrons. The van der Waals surface area contributed by atoms with E-state index in [4.69, 9.17) is 0 Å². The molecule has 1 aliphatic heterocycles. The maximum absolute atomic E-state index is 2.43. The summed E-state index contributed by atoms with van der Waals surface area (Å²) >= 11 is 0. The predicted octanol–water partition coefficient (Wildman–Crippen LogP) is 12.1. The van der Waals surface area contributed by atoms with E-state index in [2.05, 4.69) is 180 Å². The van der Waals surface area contributed by atoms with Crippen LogP contribution in [0.25, 0.3) is 43.4 Å². The Morgan fingerprint density at radius 2 is 0.932 bits per heavy atom. The fraction of sp³-hybridized carbons (Fsp3) is 0. The van der Waals surface area contributed by atoms with Crippen LogP contribution in [0.5, 0.6) is 0 Å². The molecular weight excluding hydrogens is 532 g/mol. The normalized spacial score (nSPS) is 12.0. The minimum atomic E-state index is 1.12. The van der Waals surface area contributed by atoms with E-state index in [0.717, 1.165) is 22.7 Å². The molecule has 0 spiro atoms. The monoisotopic (exact) mass is 560 g/mol. The van der Waals surface area contributed by atoms with Gasteiger partial charge in [0.1, 0.15) is 0 Å². The van der Waals surface area contributed by atoms with Gasteiger partial charge in [0.05, 0.1) is 11.4 Å². The molecule has 44 heavy (non-hydrogen) atoms. The van der Waals surface area contributed by atoms with Crippen LogP contribution in [0.15, 0.2) is 170 Å². The molecule has 0 saturated carbocycles. The van der Waals surface area contributed by atoms with Gasteiger partial charge in [-0.15, -0.1) is 0 Å². The quantitative estimate of drug-likeness (QED) is 0.211. The lowest BCUT2D eigenvalue weighted by atomic mass is 9.89. The highest BCUT2D eigenvalue weighted by Gasteiger charge is 2.26. The zero-order valence-corrected chi connectivity index (χ0v) is 24.1. The topological polar surface area (TPSA) is 6.48 Å². The molecule has 0 atom stereocenters. The summed E-state index contributed by atoms with van der Waals surface area (Å²) in [4.78, 5) is 4.77. The maximum atomic E-state index is 2.43. The van der Waals surface area contributed by atoms with E-state index < -0.39 is 0 Å². The second-order valence-corrected chi connectivity index (χ2v) is 11.5. The van der Waals surface area contributed by atoms with Crippen LogP contribution in [0, 0.1) is 0 Å². The Morgan fingerprint density at radius 1 is 0.341 bits per heavy atom. The molecule has 0 saturated heterocycles. The smallest absolute Gasteiger partial charge is 0.0546 e. The van der Waals surface area contributed by atoms with E-state index in [1.807, 2.05) is 0 Å². The Bertz CT molecular complexity index is 2330. The summed E-state index contributed by atoms with van der Waals surface area (Å²) in [6, 6.07) is 61.6. The van der Waals surface area contributed by atoms with E-state index >= 15 is 0 Å². The van der Waals surface area contributed by atoms with Crippen LogP contribution in [0.3, 0.4) is 0 Å². The molecule has 8 aromatic carbocycles. The van der Waals surface area contributed by atoms with Gasteiger partial charge >= 0.3 is 0 Å². The standard InChI is InChI=1S/C42H28N2/c1-2-16-34(17-3-1)43(37-21-20-29-10-4-5-11-31(29)26-37)35-22-24-36(25-23-35)44-40-19-9-15-30-14-8-18-38(42(30)40)39-27-32-12-6-7-13-33(32)28-41(39)44/h1-28H. The van der Waals surface area contributed by atoms with Crippen LogP contribution in [-0.4, -0.2) is 0 Å². The van der Waals surface area contributed by atoms with Crippen molar-refractivity contribution in [2.75, 3.05) is 9.80 Å². The van der Waals surface area contributed by atoms with Crippen molar-refractivity contribution in [3.8, 4) is 11.1 Å². The first-order valence-electron chi connectivity index (χ1n) is 15.1. The Labute approximate surface area is 256 Å². The molecule has 0 amide bonds. The molecular formula is C42H28N2. The lowest BCUT2D eigenvalue weighted by molar-refractivity contribution is 1.26.